The highest BCUT2D eigenvalue weighted by molar-refractivity contribution is 8.00. The van der Waals surface area contributed by atoms with Gasteiger partial charge in [-0.25, -0.2) is 14.4 Å². The summed E-state index contributed by atoms with van der Waals surface area (Å²) in [6, 6.07) is 7.06. The molecule has 2 aromatic heterocycles. The smallest absolute Gasteiger partial charge is 0.250 e. The fourth-order valence-corrected chi connectivity index (χ4v) is 4.30. The average molecular weight is 460 g/mol. The number of oxazole rings is 1. The number of nitrogens with one attached hydrogen (secondary N) is 1. The van der Waals surface area contributed by atoms with E-state index in [4.69, 9.17) is 4.42 Å². The fraction of sp³-hybridized carbons (Fsp3) is 0.348. The van der Waals surface area contributed by atoms with Crippen molar-refractivity contribution in [2.75, 3.05) is 5.32 Å². The lowest BCUT2D eigenvalue weighted by Crippen LogP contribution is -2.09. The number of hydrogen-bond acceptors (Lipinski definition) is 6. The maximum atomic E-state index is 14.1. The van der Waals surface area contributed by atoms with E-state index in [2.05, 4.69) is 36.1 Å². The SMILES string of the molecule is CC(C)(C)c1cnc(CSc2cnc(NC(=O)/C=C/c3cccc(C(C)(C)F)c3)s2)o1. The molecule has 0 aliphatic rings. The Morgan fingerprint density at radius 2 is 2.00 bits per heavy atom. The van der Waals surface area contributed by atoms with Gasteiger partial charge in [0, 0.05) is 11.5 Å². The molecule has 0 radical (unpaired) electrons. The lowest BCUT2D eigenvalue weighted by atomic mass is 9.94. The van der Waals surface area contributed by atoms with Crippen molar-refractivity contribution >= 4 is 40.2 Å². The van der Waals surface area contributed by atoms with Crippen molar-refractivity contribution in [2.24, 2.45) is 0 Å². The summed E-state index contributed by atoms with van der Waals surface area (Å²) >= 11 is 2.94. The maximum Gasteiger partial charge on any atom is 0.250 e. The van der Waals surface area contributed by atoms with Crippen LogP contribution in [0.4, 0.5) is 9.52 Å². The molecular formula is C23H26FN3O2S2. The van der Waals surface area contributed by atoms with Crippen LogP contribution in [-0.4, -0.2) is 15.9 Å². The molecule has 5 nitrogen and oxygen atoms in total. The largest absolute Gasteiger partial charge is 0.444 e. The molecule has 1 N–H and O–H groups in total. The topological polar surface area (TPSA) is 68.0 Å². The number of anilines is 1. The van der Waals surface area contributed by atoms with Crippen LogP contribution in [0.5, 0.6) is 0 Å². The summed E-state index contributed by atoms with van der Waals surface area (Å²) in [6.45, 7) is 9.25. The normalized spacial score (nSPS) is 12.5. The summed E-state index contributed by atoms with van der Waals surface area (Å²) in [5.74, 6) is 1.81. The Kier molecular flexibility index (Phi) is 7.01. The number of rotatable bonds is 7. The van der Waals surface area contributed by atoms with Gasteiger partial charge >= 0.3 is 0 Å². The zero-order valence-corrected chi connectivity index (χ0v) is 19.9. The molecule has 3 rings (SSSR count). The number of carbonyl (C=O) groups is 1. The minimum atomic E-state index is -1.43. The van der Waals surface area contributed by atoms with Gasteiger partial charge in [-0.3, -0.25) is 10.1 Å². The van der Waals surface area contributed by atoms with Gasteiger partial charge in [0.05, 0.1) is 22.4 Å². The molecule has 1 aromatic carbocycles. The van der Waals surface area contributed by atoms with Crippen LogP contribution in [0, 0.1) is 0 Å². The maximum absolute atomic E-state index is 14.1. The van der Waals surface area contributed by atoms with Crippen LogP contribution in [0.15, 0.2) is 51.4 Å². The summed E-state index contributed by atoms with van der Waals surface area (Å²) < 4.78 is 20.8. The molecule has 8 heteroatoms. The Bertz CT molecular complexity index is 1070. The highest BCUT2D eigenvalue weighted by Crippen LogP contribution is 2.32. The molecule has 164 valence electrons. The minimum Gasteiger partial charge on any atom is -0.444 e. The molecule has 31 heavy (non-hydrogen) atoms. The highest BCUT2D eigenvalue weighted by atomic mass is 32.2. The third-order valence-electron chi connectivity index (χ3n) is 4.35. The Hall–Kier alpha value is -2.45. The number of carbonyl (C=O) groups excluding carboxylic acids is 1. The lowest BCUT2D eigenvalue weighted by Gasteiger charge is -2.14. The quantitative estimate of drug-likeness (QED) is 0.319. The van der Waals surface area contributed by atoms with E-state index in [-0.39, 0.29) is 11.3 Å². The van der Waals surface area contributed by atoms with Gasteiger partial charge in [0.15, 0.2) is 5.13 Å². The molecule has 3 aromatic rings. The van der Waals surface area contributed by atoms with Gasteiger partial charge in [0.2, 0.25) is 11.8 Å². The van der Waals surface area contributed by atoms with Crippen LogP contribution in [0.25, 0.3) is 6.08 Å². The molecule has 0 saturated carbocycles. The predicted molar refractivity (Wildman–Crippen MR) is 125 cm³/mol. The van der Waals surface area contributed by atoms with Crippen molar-refractivity contribution in [3.05, 3.63) is 65.5 Å². The number of nitrogens with zero attached hydrogens (tertiary/aromatic N) is 2. The van der Waals surface area contributed by atoms with Crippen molar-refractivity contribution in [3.8, 4) is 0 Å². The Morgan fingerprint density at radius 3 is 2.68 bits per heavy atom. The van der Waals surface area contributed by atoms with E-state index in [9.17, 15) is 9.18 Å². The average Bonchev–Trinajstić information content (AvgIpc) is 3.33. The van der Waals surface area contributed by atoms with Crippen LogP contribution in [0.3, 0.4) is 0 Å². The van der Waals surface area contributed by atoms with Crippen LogP contribution >= 0.6 is 23.1 Å². The Morgan fingerprint density at radius 1 is 1.23 bits per heavy atom. The van der Waals surface area contributed by atoms with E-state index in [1.54, 1.807) is 48.4 Å². The van der Waals surface area contributed by atoms with E-state index >= 15 is 0 Å². The van der Waals surface area contributed by atoms with E-state index in [1.807, 2.05) is 6.07 Å². The second-order valence-electron chi connectivity index (χ2n) is 8.56. The number of amides is 1. The van der Waals surface area contributed by atoms with E-state index in [0.717, 1.165) is 15.5 Å². The van der Waals surface area contributed by atoms with Crippen molar-refractivity contribution in [2.45, 2.75) is 55.7 Å². The molecule has 0 bridgehead atoms. The van der Waals surface area contributed by atoms with E-state index in [0.29, 0.717) is 22.3 Å². The molecule has 0 atom stereocenters. The first-order valence-corrected chi connectivity index (χ1v) is 11.6. The molecule has 0 saturated heterocycles. The lowest BCUT2D eigenvalue weighted by molar-refractivity contribution is -0.111. The van der Waals surface area contributed by atoms with Crippen LogP contribution in [0.2, 0.25) is 0 Å². The van der Waals surface area contributed by atoms with Crippen LogP contribution in [-0.2, 0) is 21.6 Å². The summed E-state index contributed by atoms with van der Waals surface area (Å²) in [5.41, 5.74) is -0.179. The molecule has 0 unspecified atom stereocenters. The number of thiazole rings is 1. The third-order valence-corrected chi connectivity index (χ3v) is 6.44. The van der Waals surface area contributed by atoms with Crippen LogP contribution < -0.4 is 5.32 Å². The Balaban J connectivity index is 1.54. The predicted octanol–water partition coefficient (Wildman–Crippen LogP) is 6.58. The molecule has 0 spiro atoms. The summed E-state index contributed by atoms with van der Waals surface area (Å²) in [5, 5.41) is 3.27. The first-order valence-electron chi connectivity index (χ1n) is 9.83. The second-order valence-corrected chi connectivity index (χ2v) is 10.9. The van der Waals surface area contributed by atoms with Gasteiger partial charge in [-0.05, 0) is 37.1 Å². The molecule has 0 aliphatic carbocycles. The van der Waals surface area contributed by atoms with Gasteiger partial charge in [-0.15, -0.1) is 11.8 Å². The fourth-order valence-electron chi connectivity index (χ4n) is 2.57. The van der Waals surface area contributed by atoms with Crippen molar-refractivity contribution in [1.82, 2.24) is 9.97 Å². The van der Waals surface area contributed by atoms with Gasteiger partial charge < -0.3 is 4.42 Å². The molecule has 1 amide bonds. The summed E-state index contributed by atoms with van der Waals surface area (Å²) in [4.78, 5) is 20.8. The van der Waals surface area contributed by atoms with Crippen molar-refractivity contribution in [1.29, 1.82) is 0 Å². The second kappa shape index (κ2) is 9.36. The molecular weight excluding hydrogens is 433 g/mol. The number of benzene rings is 1. The van der Waals surface area contributed by atoms with Crippen molar-refractivity contribution < 1.29 is 13.6 Å². The van der Waals surface area contributed by atoms with Crippen LogP contribution in [0.1, 0.15) is 57.4 Å². The standard InChI is InChI=1S/C23H26FN3O2S2/c1-22(2,3)17-12-25-19(29-17)14-30-20-13-26-21(31-20)27-18(28)10-9-15-7-6-8-16(11-15)23(4,5)24/h6-13H,14H2,1-5H3,(H,26,27,28)/b10-9+. The number of thioether (sulfide) groups is 1. The zero-order chi connectivity index (χ0) is 22.6. The van der Waals surface area contributed by atoms with E-state index in [1.165, 1.54) is 31.3 Å². The van der Waals surface area contributed by atoms with E-state index < -0.39 is 5.67 Å². The van der Waals surface area contributed by atoms with Gasteiger partial charge in [0.25, 0.3) is 0 Å². The van der Waals surface area contributed by atoms with Gasteiger partial charge in [-0.1, -0.05) is 50.3 Å². The Labute approximate surface area is 190 Å². The zero-order valence-electron chi connectivity index (χ0n) is 18.2. The number of halogens is 1. The molecule has 0 fully saturated rings. The van der Waals surface area contributed by atoms with Crippen molar-refractivity contribution in [3.63, 3.8) is 0 Å². The molecule has 0 aliphatic heterocycles. The molecule has 2 heterocycles. The number of alkyl halides is 1. The number of hydrogen-bond donors (Lipinski definition) is 1. The third kappa shape index (κ3) is 6.77. The minimum absolute atomic E-state index is 0.0746. The van der Waals surface area contributed by atoms with Gasteiger partial charge in [-0.2, -0.15) is 0 Å². The van der Waals surface area contributed by atoms with Gasteiger partial charge in [0.1, 0.15) is 11.4 Å². The highest BCUT2D eigenvalue weighted by Gasteiger charge is 2.20. The number of aromatic nitrogens is 2. The summed E-state index contributed by atoms with van der Waals surface area (Å²) in [6.07, 6.45) is 6.56. The summed E-state index contributed by atoms with van der Waals surface area (Å²) in [7, 11) is 0. The first kappa shape index (κ1) is 23.2. The monoisotopic (exact) mass is 459 g/mol. The first-order chi connectivity index (χ1) is 14.5.